The number of hydrogen-bond acceptors (Lipinski definition) is 6. The van der Waals surface area contributed by atoms with Gasteiger partial charge in [0.15, 0.2) is 0 Å². The molecule has 1 aromatic heterocycles. The molecule has 0 fully saturated rings. The van der Waals surface area contributed by atoms with Crippen LogP contribution in [-0.4, -0.2) is 35.7 Å². The van der Waals surface area contributed by atoms with E-state index in [2.05, 4.69) is 15.6 Å². The number of alkyl carbamates (subject to hydrolysis) is 1. The van der Waals surface area contributed by atoms with E-state index in [1.807, 2.05) is 38.1 Å². The average molecular weight is 444 g/mol. The van der Waals surface area contributed by atoms with Gasteiger partial charge in [0.1, 0.15) is 23.1 Å². The quantitative estimate of drug-likeness (QED) is 0.595. The summed E-state index contributed by atoms with van der Waals surface area (Å²) < 4.78 is 16.2. The summed E-state index contributed by atoms with van der Waals surface area (Å²) in [6, 6.07) is 10.1. The van der Waals surface area contributed by atoms with E-state index in [1.54, 1.807) is 46.2 Å². The summed E-state index contributed by atoms with van der Waals surface area (Å²) in [5.41, 5.74) is 0.167. The fourth-order valence-corrected chi connectivity index (χ4v) is 2.83. The fourth-order valence-electron chi connectivity index (χ4n) is 2.83. The number of aromatic nitrogens is 1. The van der Waals surface area contributed by atoms with Crippen LogP contribution >= 0.6 is 0 Å². The Balaban J connectivity index is 1.93. The van der Waals surface area contributed by atoms with Crippen molar-refractivity contribution in [2.24, 2.45) is 5.92 Å². The Labute approximate surface area is 189 Å². The zero-order valence-corrected chi connectivity index (χ0v) is 19.6. The molecule has 174 valence electrons. The number of benzene rings is 1. The molecule has 0 saturated carbocycles. The summed E-state index contributed by atoms with van der Waals surface area (Å²) in [5, 5.41) is 5.52. The third kappa shape index (κ3) is 8.83. The van der Waals surface area contributed by atoms with Crippen LogP contribution in [0.15, 0.2) is 42.6 Å². The molecule has 1 aromatic carbocycles. The Bertz CT molecular complexity index is 891. The number of amides is 2. The van der Waals surface area contributed by atoms with Crippen LogP contribution < -0.4 is 20.1 Å². The minimum atomic E-state index is -0.687. The molecular formula is C24H33N3O5. The van der Waals surface area contributed by atoms with E-state index < -0.39 is 17.7 Å². The summed E-state index contributed by atoms with van der Waals surface area (Å²) in [6.07, 6.45) is 1.52. The molecule has 0 saturated heterocycles. The molecule has 8 heteroatoms. The van der Waals surface area contributed by atoms with Gasteiger partial charge in [0.25, 0.3) is 0 Å². The minimum Gasteiger partial charge on any atom is -0.497 e. The smallest absolute Gasteiger partial charge is 0.408 e. The Kier molecular flexibility index (Phi) is 8.87. The predicted molar refractivity (Wildman–Crippen MR) is 122 cm³/mol. The molecule has 2 rings (SSSR count). The number of nitrogens with one attached hydrogen (secondary N) is 2. The van der Waals surface area contributed by atoms with Gasteiger partial charge >= 0.3 is 6.09 Å². The highest BCUT2D eigenvalue weighted by molar-refractivity contribution is 5.85. The number of methoxy groups -OCH3 is 1. The first kappa shape index (κ1) is 25.0. The van der Waals surface area contributed by atoms with Crippen molar-refractivity contribution in [2.45, 2.75) is 59.2 Å². The second-order valence-electron chi connectivity index (χ2n) is 8.83. The van der Waals surface area contributed by atoms with E-state index in [4.69, 9.17) is 14.2 Å². The zero-order chi connectivity index (χ0) is 23.7. The first-order valence-corrected chi connectivity index (χ1v) is 10.6. The normalized spacial score (nSPS) is 12.1. The van der Waals surface area contributed by atoms with Gasteiger partial charge < -0.3 is 24.8 Å². The van der Waals surface area contributed by atoms with Crippen LogP contribution in [0.4, 0.5) is 4.79 Å². The van der Waals surface area contributed by atoms with Gasteiger partial charge in [-0.3, -0.25) is 4.79 Å². The van der Waals surface area contributed by atoms with E-state index in [0.29, 0.717) is 23.8 Å². The lowest BCUT2D eigenvalue weighted by atomic mass is 10.0. The van der Waals surface area contributed by atoms with Crippen molar-refractivity contribution >= 4 is 12.0 Å². The number of hydrogen-bond donors (Lipinski definition) is 2. The maximum Gasteiger partial charge on any atom is 0.408 e. The van der Waals surface area contributed by atoms with Crippen molar-refractivity contribution in [3.63, 3.8) is 0 Å². The van der Waals surface area contributed by atoms with Crippen LogP contribution in [0.1, 0.15) is 46.6 Å². The Hall–Kier alpha value is -3.29. The zero-order valence-electron chi connectivity index (χ0n) is 19.6. The predicted octanol–water partition coefficient (Wildman–Crippen LogP) is 4.44. The highest BCUT2D eigenvalue weighted by Crippen LogP contribution is 2.23. The number of rotatable bonds is 9. The molecule has 0 aliphatic rings. The largest absolute Gasteiger partial charge is 0.497 e. The van der Waals surface area contributed by atoms with Crippen molar-refractivity contribution in [1.82, 2.24) is 15.6 Å². The Morgan fingerprint density at radius 2 is 1.81 bits per heavy atom. The molecule has 8 nitrogen and oxygen atoms in total. The first-order valence-electron chi connectivity index (χ1n) is 10.6. The SMILES string of the molecule is COc1cccc(Oc2ccc(CNC(=O)[C@H](CC(C)C)NC(=O)OC(C)(C)C)cn2)c1. The van der Waals surface area contributed by atoms with Gasteiger partial charge in [0.05, 0.1) is 7.11 Å². The molecule has 2 N–H and O–H groups in total. The maximum atomic E-state index is 12.7. The van der Waals surface area contributed by atoms with Crippen molar-refractivity contribution in [3.8, 4) is 17.4 Å². The summed E-state index contributed by atoms with van der Waals surface area (Å²) >= 11 is 0. The molecule has 0 unspecified atom stereocenters. The van der Waals surface area contributed by atoms with Gasteiger partial charge in [-0.1, -0.05) is 26.0 Å². The van der Waals surface area contributed by atoms with Crippen LogP contribution in [0.2, 0.25) is 0 Å². The van der Waals surface area contributed by atoms with Crippen molar-refractivity contribution in [2.75, 3.05) is 7.11 Å². The standard InChI is InChI=1S/C24H33N3O5/c1-16(2)12-20(27-23(29)32-24(3,4)5)22(28)26-15-17-10-11-21(25-14-17)31-19-9-7-8-18(13-19)30-6/h7-11,13-14,16,20H,12,15H2,1-6H3,(H,26,28)(H,27,29)/t20-/m0/s1. The number of nitrogens with zero attached hydrogens (tertiary/aromatic N) is 1. The van der Waals surface area contributed by atoms with E-state index in [-0.39, 0.29) is 18.4 Å². The monoisotopic (exact) mass is 443 g/mol. The summed E-state index contributed by atoms with van der Waals surface area (Å²) in [4.78, 5) is 29.1. The Morgan fingerprint density at radius 3 is 2.41 bits per heavy atom. The third-order valence-corrected chi connectivity index (χ3v) is 4.24. The molecule has 0 aliphatic carbocycles. The molecule has 2 amide bonds. The summed E-state index contributed by atoms with van der Waals surface area (Å²) in [5.74, 6) is 1.68. The molecule has 1 heterocycles. The minimum absolute atomic E-state index is 0.218. The molecule has 0 spiro atoms. The van der Waals surface area contributed by atoms with E-state index in [0.717, 1.165) is 5.56 Å². The molecule has 0 bridgehead atoms. The molecule has 0 radical (unpaired) electrons. The molecule has 32 heavy (non-hydrogen) atoms. The topological polar surface area (TPSA) is 98.8 Å². The molecule has 1 atom stereocenters. The molecule has 0 aliphatic heterocycles. The fraction of sp³-hybridized carbons (Fsp3) is 0.458. The van der Waals surface area contributed by atoms with Crippen LogP contribution in [0.3, 0.4) is 0 Å². The third-order valence-electron chi connectivity index (χ3n) is 4.24. The number of pyridine rings is 1. The summed E-state index contributed by atoms with van der Waals surface area (Å²) in [6.45, 7) is 9.58. The van der Waals surface area contributed by atoms with Gasteiger partial charge in [-0.15, -0.1) is 0 Å². The number of carbonyl (C=O) groups excluding carboxylic acids is 2. The van der Waals surface area contributed by atoms with Crippen LogP contribution in [0.25, 0.3) is 0 Å². The van der Waals surface area contributed by atoms with Crippen LogP contribution in [-0.2, 0) is 16.1 Å². The first-order chi connectivity index (χ1) is 15.1. The van der Waals surface area contributed by atoms with E-state index in [9.17, 15) is 9.59 Å². The van der Waals surface area contributed by atoms with Gasteiger partial charge in [-0.05, 0) is 50.8 Å². The second kappa shape index (κ2) is 11.4. The Morgan fingerprint density at radius 1 is 1.09 bits per heavy atom. The van der Waals surface area contributed by atoms with Crippen molar-refractivity contribution < 1.29 is 23.8 Å². The van der Waals surface area contributed by atoms with Gasteiger partial charge in [-0.25, -0.2) is 9.78 Å². The number of ether oxygens (including phenoxy) is 3. The maximum absolute atomic E-state index is 12.7. The van der Waals surface area contributed by atoms with Gasteiger partial charge in [0.2, 0.25) is 11.8 Å². The van der Waals surface area contributed by atoms with Crippen LogP contribution in [0, 0.1) is 5.92 Å². The highest BCUT2D eigenvalue weighted by atomic mass is 16.6. The lowest BCUT2D eigenvalue weighted by molar-refractivity contribution is -0.123. The van der Waals surface area contributed by atoms with Crippen LogP contribution in [0.5, 0.6) is 17.4 Å². The highest BCUT2D eigenvalue weighted by Gasteiger charge is 2.25. The average Bonchev–Trinajstić information content (AvgIpc) is 2.71. The van der Waals surface area contributed by atoms with Crippen molar-refractivity contribution in [3.05, 3.63) is 48.2 Å². The lowest BCUT2D eigenvalue weighted by Crippen LogP contribution is -2.48. The van der Waals surface area contributed by atoms with E-state index in [1.165, 1.54) is 0 Å². The number of carbonyl (C=O) groups is 2. The molecule has 2 aromatic rings. The molecular weight excluding hydrogens is 410 g/mol. The second-order valence-corrected chi connectivity index (χ2v) is 8.83. The lowest BCUT2D eigenvalue weighted by Gasteiger charge is -2.24. The summed E-state index contributed by atoms with van der Waals surface area (Å²) in [7, 11) is 1.59. The van der Waals surface area contributed by atoms with Gasteiger partial charge in [0, 0.05) is 24.9 Å². The van der Waals surface area contributed by atoms with Crippen molar-refractivity contribution in [1.29, 1.82) is 0 Å². The van der Waals surface area contributed by atoms with Gasteiger partial charge in [-0.2, -0.15) is 0 Å². The van der Waals surface area contributed by atoms with E-state index >= 15 is 0 Å².